The third kappa shape index (κ3) is 4.60. The lowest BCUT2D eigenvalue weighted by Gasteiger charge is -2.31. The topological polar surface area (TPSA) is 36.8 Å². The van der Waals surface area contributed by atoms with Gasteiger partial charge in [-0.3, -0.25) is 9.47 Å². The van der Waals surface area contributed by atoms with Crippen LogP contribution < -0.4 is 14.5 Å². The zero-order valence-electron chi connectivity index (χ0n) is 27.0. The third-order valence-corrected chi connectivity index (χ3v) is 9.67. The monoisotopic (exact) mass is 625 g/mol. The molecule has 0 N–H and O–H groups in total. The van der Waals surface area contributed by atoms with Crippen LogP contribution in [0.3, 0.4) is 0 Å². The number of aromatic nitrogens is 2. The maximum atomic E-state index is 6.59. The van der Waals surface area contributed by atoms with Crippen LogP contribution in [0.5, 0.6) is 11.5 Å². The van der Waals surface area contributed by atoms with E-state index in [4.69, 9.17) is 4.74 Å². The smallest absolute Gasteiger partial charge is 0.137 e. The van der Waals surface area contributed by atoms with Crippen LogP contribution in [0.15, 0.2) is 151 Å². The zero-order valence-corrected chi connectivity index (χ0v) is 27.0. The van der Waals surface area contributed by atoms with Gasteiger partial charge < -0.3 is 14.5 Å². The van der Waals surface area contributed by atoms with Crippen molar-refractivity contribution in [3.05, 3.63) is 162 Å². The zero-order chi connectivity index (χ0) is 32.2. The maximum Gasteiger partial charge on any atom is 0.137 e. The summed E-state index contributed by atoms with van der Waals surface area (Å²) < 4.78 is 8.80. The number of hydrogen-bond acceptors (Lipinski definition) is 5. The quantitative estimate of drug-likeness (QED) is 0.190. The lowest BCUT2D eigenvalue weighted by atomic mass is 10.0. The van der Waals surface area contributed by atoms with Gasteiger partial charge in [0.25, 0.3) is 0 Å². The Bertz CT molecular complexity index is 2310. The first-order valence-corrected chi connectivity index (χ1v) is 16.5. The minimum Gasteiger partial charge on any atom is -0.457 e. The molecule has 0 aliphatic carbocycles. The molecule has 0 bridgehead atoms. The summed E-state index contributed by atoms with van der Waals surface area (Å²) in [5.74, 6) is 3.65. The molecular weight excluding hydrogens is 590 g/mol. The Kier molecular flexibility index (Phi) is 6.68. The van der Waals surface area contributed by atoms with Gasteiger partial charge in [0.15, 0.2) is 0 Å². The lowest BCUT2D eigenvalue weighted by molar-refractivity contribution is 0.451. The van der Waals surface area contributed by atoms with E-state index in [9.17, 15) is 0 Å². The van der Waals surface area contributed by atoms with E-state index in [1.807, 2.05) is 30.5 Å². The number of para-hydroxylation sites is 3. The number of rotatable bonds is 5. The molecule has 0 radical (unpaired) electrons. The van der Waals surface area contributed by atoms with Crippen molar-refractivity contribution in [2.75, 3.05) is 23.5 Å². The van der Waals surface area contributed by atoms with Crippen molar-refractivity contribution >= 4 is 38.9 Å². The van der Waals surface area contributed by atoms with Crippen LogP contribution in [0.25, 0.3) is 27.6 Å². The Morgan fingerprint density at radius 3 is 2.08 bits per heavy atom. The largest absolute Gasteiger partial charge is 0.457 e. The summed E-state index contributed by atoms with van der Waals surface area (Å²) in [5.41, 5.74) is 9.71. The first-order chi connectivity index (χ1) is 23.6. The van der Waals surface area contributed by atoms with Gasteiger partial charge in [-0.2, -0.15) is 0 Å². The van der Waals surface area contributed by atoms with Gasteiger partial charge in [0, 0.05) is 41.8 Å². The van der Waals surface area contributed by atoms with Gasteiger partial charge in [0.2, 0.25) is 0 Å². The Balaban J connectivity index is 1.08. The predicted molar refractivity (Wildman–Crippen MR) is 195 cm³/mol. The molecule has 2 aliphatic rings. The van der Waals surface area contributed by atoms with E-state index >= 15 is 0 Å². The van der Waals surface area contributed by atoms with E-state index in [0.717, 1.165) is 53.5 Å². The minimum atomic E-state index is 0.738. The molecule has 5 aromatic carbocycles. The fourth-order valence-corrected chi connectivity index (χ4v) is 7.50. The Morgan fingerprint density at radius 1 is 0.625 bits per heavy atom. The van der Waals surface area contributed by atoms with Gasteiger partial charge in [-0.25, -0.2) is 4.98 Å². The summed E-state index contributed by atoms with van der Waals surface area (Å²) in [6.45, 7) is 2.97. The van der Waals surface area contributed by atoms with Crippen LogP contribution in [-0.2, 0) is 12.8 Å². The fourth-order valence-electron chi connectivity index (χ4n) is 7.50. The summed E-state index contributed by atoms with van der Waals surface area (Å²) in [7, 11) is 2.19. The van der Waals surface area contributed by atoms with Crippen LogP contribution in [0.4, 0.5) is 17.1 Å². The van der Waals surface area contributed by atoms with Crippen LogP contribution >= 0.6 is 0 Å². The highest BCUT2D eigenvalue weighted by molar-refractivity contribution is 6.09. The van der Waals surface area contributed by atoms with E-state index in [0.29, 0.717) is 0 Å². The van der Waals surface area contributed by atoms with Crippen LogP contribution in [-0.4, -0.2) is 28.2 Å². The third-order valence-electron chi connectivity index (χ3n) is 9.67. The molecule has 0 unspecified atom stereocenters. The SMILES string of the molecule is CC1=C(N2c3ccccc3CCc3ccccc32)N(C)CN1c1cccc(Oc2ccc3c4ccccc4n(-c4ccccn4)c3c2)c1. The number of hydrogen-bond donors (Lipinski definition) is 0. The molecule has 2 aromatic heterocycles. The van der Waals surface area contributed by atoms with Crippen molar-refractivity contribution < 1.29 is 4.74 Å². The molecule has 7 aromatic rings. The second kappa shape index (κ2) is 11.4. The van der Waals surface area contributed by atoms with E-state index in [1.54, 1.807) is 0 Å². The number of pyridine rings is 1. The highest BCUT2D eigenvalue weighted by atomic mass is 16.5. The number of fused-ring (bicyclic) bond motifs is 5. The second-order valence-corrected chi connectivity index (χ2v) is 12.6. The number of anilines is 3. The summed E-state index contributed by atoms with van der Waals surface area (Å²) in [5, 5.41) is 2.36. The van der Waals surface area contributed by atoms with E-state index < -0.39 is 0 Å². The van der Waals surface area contributed by atoms with Crippen molar-refractivity contribution in [1.29, 1.82) is 0 Å². The van der Waals surface area contributed by atoms with E-state index in [2.05, 4.69) is 147 Å². The molecule has 0 spiro atoms. The molecule has 0 fully saturated rings. The number of benzene rings is 5. The summed E-state index contributed by atoms with van der Waals surface area (Å²) in [6.07, 6.45) is 3.89. The van der Waals surface area contributed by atoms with Crippen LogP contribution in [0, 0.1) is 0 Å². The summed E-state index contributed by atoms with van der Waals surface area (Å²) >= 11 is 0. The first kappa shape index (κ1) is 28.2. The van der Waals surface area contributed by atoms with Crippen molar-refractivity contribution in [1.82, 2.24) is 14.5 Å². The van der Waals surface area contributed by atoms with Crippen molar-refractivity contribution in [2.45, 2.75) is 19.8 Å². The highest BCUT2D eigenvalue weighted by Gasteiger charge is 2.33. The first-order valence-electron chi connectivity index (χ1n) is 16.5. The summed E-state index contributed by atoms with van der Waals surface area (Å²) in [4.78, 5) is 11.9. The molecule has 0 amide bonds. The molecular formula is C42H35N5O. The molecule has 9 rings (SSSR count). The summed E-state index contributed by atoms with van der Waals surface area (Å²) in [6, 6.07) is 46.9. The normalized spacial score (nSPS) is 14.4. The highest BCUT2D eigenvalue weighted by Crippen LogP contribution is 2.43. The molecule has 0 atom stereocenters. The average molecular weight is 626 g/mol. The maximum absolute atomic E-state index is 6.59. The number of allylic oxidation sites excluding steroid dienone is 1. The molecule has 4 heterocycles. The Morgan fingerprint density at radius 2 is 1.31 bits per heavy atom. The molecule has 6 nitrogen and oxygen atoms in total. The lowest BCUT2D eigenvalue weighted by Crippen LogP contribution is -2.29. The van der Waals surface area contributed by atoms with Crippen molar-refractivity contribution in [2.24, 2.45) is 0 Å². The number of aryl methyl sites for hydroxylation is 2. The standard InChI is InChI=1S/C42H35N5O/c1-29-42(47-37-17-6-3-12-30(37)21-22-31-13-4-7-18-38(31)47)44(2)28-45(29)32-14-11-15-33(26-32)48-34-23-24-36-35-16-5-8-19-39(35)46(40(36)27-34)41-20-9-10-25-43-41/h3-20,23-27H,21-22,28H2,1-2H3. The van der Waals surface area contributed by atoms with Gasteiger partial charge in [0.05, 0.1) is 34.8 Å². The molecule has 6 heteroatoms. The van der Waals surface area contributed by atoms with Gasteiger partial charge in [-0.05, 0) is 85.5 Å². The fraction of sp³-hybridized carbons (Fsp3) is 0.119. The van der Waals surface area contributed by atoms with E-state index in [-0.39, 0.29) is 0 Å². The van der Waals surface area contributed by atoms with Crippen molar-refractivity contribution in [3.8, 4) is 17.3 Å². The van der Waals surface area contributed by atoms with Crippen LogP contribution in [0.1, 0.15) is 18.1 Å². The molecule has 2 aliphatic heterocycles. The average Bonchev–Trinajstić information content (AvgIpc) is 3.55. The van der Waals surface area contributed by atoms with Crippen molar-refractivity contribution in [3.63, 3.8) is 0 Å². The molecule has 0 saturated carbocycles. The van der Waals surface area contributed by atoms with Crippen LogP contribution in [0.2, 0.25) is 0 Å². The van der Waals surface area contributed by atoms with E-state index in [1.165, 1.54) is 44.8 Å². The molecule has 0 saturated heterocycles. The second-order valence-electron chi connectivity index (χ2n) is 12.6. The number of nitrogens with zero attached hydrogens (tertiary/aromatic N) is 5. The molecule has 48 heavy (non-hydrogen) atoms. The Hall–Kier alpha value is -6.01. The number of ether oxygens (including phenoxy) is 1. The van der Waals surface area contributed by atoms with Gasteiger partial charge in [0.1, 0.15) is 23.1 Å². The van der Waals surface area contributed by atoms with Gasteiger partial charge in [-0.1, -0.05) is 66.7 Å². The predicted octanol–water partition coefficient (Wildman–Crippen LogP) is 9.81. The Labute approximate surface area is 280 Å². The molecule has 234 valence electrons. The minimum absolute atomic E-state index is 0.738. The van der Waals surface area contributed by atoms with Gasteiger partial charge in [-0.15, -0.1) is 0 Å². The van der Waals surface area contributed by atoms with Gasteiger partial charge >= 0.3 is 0 Å².